The summed E-state index contributed by atoms with van der Waals surface area (Å²) in [5.41, 5.74) is 5.66. The van der Waals surface area contributed by atoms with Crippen LogP contribution >= 0.6 is 11.5 Å². The van der Waals surface area contributed by atoms with Crippen LogP contribution in [0, 0.1) is 0 Å². The summed E-state index contributed by atoms with van der Waals surface area (Å²) in [6.07, 6.45) is 1.62. The lowest BCUT2D eigenvalue weighted by molar-refractivity contribution is 0.201. The third-order valence-corrected chi connectivity index (χ3v) is 3.63. The zero-order valence-electron chi connectivity index (χ0n) is 8.96. The van der Waals surface area contributed by atoms with Gasteiger partial charge in [0.2, 0.25) is 5.13 Å². The van der Waals surface area contributed by atoms with Gasteiger partial charge in [-0.25, -0.2) is 4.98 Å². The molecule has 0 bridgehead atoms. The summed E-state index contributed by atoms with van der Waals surface area (Å²) in [6, 6.07) is 0.488. The number of aromatic nitrogens is 2. The normalized spacial score (nSPS) is 20.5. The molecule has 1 aromatic heterocycles. The highest BCUT2D eigenvalue weighted by Gasteiger charge is 2.21. The Labute approximate surface area is 94.1 Å². The van der Waals surface area contributed by atoms with Gasteiger partial charge in [-0.05, 0) is 6.92 Å². The topological polar surface area (TPSA) is 58.3 Å². The maximum atomic E-state index is 5.66. The summed E-state index contributed by atoms with van der Waals surface area (Å²) in [6.45, 7) is 7.11. The number of nitrogens with two attached hydrogens (primary N) is 1. The Balaban J connectivity index is 1.87. The van der Waals surface area contributed by atoms with Gasteiger partial charge in [-0.3, -0.25) is 4.90 Å². The van der Waals surface area contributed by atoms with E-state index in [9.17, 15) is 0 Å². The van der Waals surface area contributed by atoms with Crippen molar-refractivity contribution in [2.45, 2.75) is 13.0 Å². The molecule has 0 aromatic carbocycles. The summed E-state index contributed by atoms with van der Waals surface area (Å²) in [5, 5.41) is 1.04. The van der Waals surface area contributed by atoms with Crippen molar-refractivity contribution in [3.05, 3.63) is 6.33 Å². The molecule has 0 spiro atoms. The maximum absolute atomic E-state index is 5.66. The Kier molecular flexibility index (Phi) is 3.50. The average Bonchev–Trinajstić information content (AvgIpc) is 2.82. The van der Waals surface area contributed by atoms with Crippen LogP contribution in [0.4, 0.5) is 5.13 Å². The van der Waals surface area contributed by atoms with Crippen LogP contribution in [0.1, 0.15) is 6.92 Å². The Morgan fingerprint density at radius 1 is 1.47 bits per heavy atom. The average molecular weight is 227 g/mol. The zero-order chi connectivity index (χ0) is 10.7. The van der Waals surface area contributed by atoms with Crippen LogP contribution in [-0.2, 0) is 0 Å². The van der Waals surface area contributed by atoms with Gasteiger partial charge in [-0.2, -0.15) is 4.37 Å². The molecular formula is C9H17N5S. The summed E-state index contributed by atoms with van der Waals surface area (Å²) >= 11 is 1.47. The number of rotatable bonds is 3. The fourth-order valence-corrected chi connectivity index (χ4v) is 2.39. The zero-order valence-corrected chi connectivity index (χ0v) is 9.78. The molecule has 1 atom stereocenters. The fraction of sp³-hybridized carbons (Fsp3) is 0.778. The minimum Gasteiger partial charge on any atom is -0.344 e. The highest BCUT2D eigenvalue weighted by Crippen LogP contribution is 2.17. The van der Waals surface area contributed by atoms with E-state index in [2.05, 4.69) is 26.1 Å². The van der Waals surface area contributed by atoms with E-state index in [1.165, 1.54) is 11.5 Å². The molecular weight excluding hydrogens is 210 g/mol. The molecule has 2 N–H and O–H groups in total. The summed E-state index contributed by atoms with van der Waals surface area (Å²) in [7, 11) is 0. The molecule has 15 heavy (non-hydrogen) atoms. The van der Waals surface area contributed by atoms with Crippen molar-refractivity contribution >= 4 is 16.7 Å². The molecule has 2 rings (SSSR count). The van der Waals surface area contributed by atoms with E-state index in [0.29, 0.717) is 6.04 Å². The molecule has 1 aromatic rings. The second kappa shape index (κ2) is 4.87. The van der Waals surface area contributed by atoms with E-state index in [4.69, 9.17) is 5.73 Å². The van der Waals surface area contributed by atoms with Gasteiger partial charge in [0, 0.05) is 50.3 Å². The Bertz CT molecular complexity index is 281. The second-order valence-electron chi connectivity index (χ2n) is 3.83. The van der Waals surface area contributed by atoms with E-state index in [1.807, 2.05) is 0 Å². The van der Waals surface area contributed by atoms with Crippen molar-refractivity contribution in [2.75, 3.05) is 37.6 Å². The van der Waals surface area contributed by atoms with Gasteiger partial charge in [-0.15, -0.1) is 0 Å². The van der Waals surface area contributed by atoms with Crippen molar-refractivity contribution in [1.29, 1.82) is 0 Å². The standard InChI is InChI=1S/C9H17N5S/c1-8(6-10)13-2-4-14(5-3-13)9-11-7-12-15-9/h7-8H,2-6,10H2,1H3. The predicted octanol–water partition coefficient (Wildman–Crippen LogP) is 0.00730. The van der Waals surface area contributed by atoms with E-state index >= 15 is 0 Å². The number of hydrogen-bond acceptors (Lipinski definition) is 6. The molecule has 0 aliphatic carbocycles. The highest BCUT2D eigenvalue weighted by molar-refractivity contribution is 7.09. The molecule has 1 aliphatic rings. The molecule has 0 radical (unpaired) electrons. The van der Waals surface area contributed by atoms with Gasteiger partial charge >= 0.3 is 0 Å². The lowest BCUT2D eigenvalue weighted by Crippen LogP contribution is -2.51. The first-order valence-electron chi connectivity index (χ1n) is 5.27. The molecule has 1 unspecified atom stereocenters. The van der Waals surface area contributed by atoms with Crippen LogP contribution in [0.3, 0.4) is 0 Å². The first-order chi connectivity index (χ1) is 7.31. The lowest BCUT2D eigenvalue weighted by atomic mass is 10.2. The van der Waals surface area contributed by atoms with Crippen LogP contribution in [0.25, 0.3) is 0 Å². The minimum atomic E-state index is 0.488. The first-order valence-corrected chi connectivity index (χ1v) is 6.04. The Hall–Kier alpha value is -0.720. The van der Waals surface area contributed by atoms with Crippen molar-refractivity contribution < 1.29 is 0 Å². The molecule has 1 saturated heterocycles. The number of piperazine rings is 1. The van der Waals surface area contributed by atoms with Crippen molar-refractivity contribution in [3.8, 4) is 0 Å². The fourth-order valence-electron chi connectivity index (χ4n) is 1.81. The van der Waals surface area contributed by atoms with Gasteiger partial charge in [0.1, 0.15) is 6.33 Å². The van der Waals surface area contributed by atoms with Gasteiger partial charge in [0.25, 0.3) is 0 Å². The maximum Gasteiger partial charge on any atom is 0.205 e. The molecule has 1 aliphatic heterocycles. The van der Waals surface area contributed by atoms with Crippen LogP contribution in [0.5, 0.6) is 0 Å². The molecule has 6 heteroatoms. The predicted molar refractivity (Wildman–Crippen MR) is 62.2 cm³/mol. The van der Waals surface area contributed by atoms with E-state index < -0.39 is 0 Å². The van der Waals surface area contributed by atoms with Gasteiger partial charge in [0.15, 0.2) is 0 Å². The Morgan fingerprint density at radius 3 is 2.73 bits per heavy atom. The van der Waals surface area contributed by atoms with Crippen LogP contribution < -0.4 is 10.6 Å². The van der Waals surface area contributed by atoms with Gasteiger partial charge in [-0.1, -0.05) is 0 Å². The van der Waals surface area contributed by atoms with Crippen molar-refractivity contribution in [1.82, 2.24) is 14.3 Å². The van der Waals surface area contributed by atoms with E-state index in [1.54, 1.807) is 6.33 Å². The second-order valence-corrected chi connectivity index (χ2v) is 4.59. The van der Waals surface area contributed by atoms with Gasteiger partial charge < -0.3 is 10.6 Å². The SMILES string of the molecule is CC(CN)N1CCN(c2ncns2)CC1. The van der Waals surface area contributed by atoms with Crippen LogP contribution in [-0.4, -0.2) is 53.0 Å². The molecule has 2 heterocycles. The summed E-state index contributed by atoms with van der Waals surface area (Å²) in [4.78, 5) is 8.94. The van der Waals surface area contributed by atoms with Crippen LogP contribution in [0.15, 0.2) is 6.33 Å². The summed E-state index contributed by atoms with van der Waals surface area (Å²) in [5.74, 6) is 0. The molecule has 0 amide bonds. The van der Waals surface area contributed by atoms with Crippen molar-refractivity contribution in [2.24, 2.45) is 5.73 Å². The molecule has 0 saturated carbocycles. The monoisotopic (exact) mass is 227 g/mol. The third-order valence-electron chi connectivity index (χ3n) is 2.90. The van der Waals surface area contributed by atoms with Gasteiger partial charge in [0.05, 0.1) is 0 Å². The largest absolute Gasteiger partial charge is 0.344 e. The smallest absolute Gasteiger partial charge is 0.205 e. The minimum absolute atomic E-state index is 0.488. The summed E-state index contributed by atoms with van der Waals surface area (Å²) < 4.78 is 4.02. The number of hydrogen-bond donors (Lipinski definition) is 1. The molecule has 5 nitrogen and oxygen atoms in total. The number of anilines is 1. The van der Waals surface area contributed by atoms with E-state index in [-0.39, 0.29) is 0 Å². The molecule has 1 fully saturated rings. The lowest BCUT2D eigenvalue weighted by Gasteiger charge is -2.37. The number of nitrogens with zero attached hydrogens (tertiary/aromatic N) is 4. The van der Waals surface area contributed by atoms with Crippen LogP contribution in [0.2, 0.25) is 0 Å². The third kappa shape index (κ3) is 2.45. The first kappa shape index (κ1) is 10.8. The Morgan fingerprint density at radius 2 is 2.20 bits per heavy atom. The van der Waals surface area contributed by atoms with Crippen molar-refractivity contribution in [3.63, 3.8) is 0 Å². The quantitative estimate of drug-likeness (QED) is 0.788. The van der Waals surface area contributed by atoms with E-state index in [0.717, 1.165) is 37.9 Å². The highest BCUT2D eigenvalue weighted by atomic mass is 32.1. The molecule has 84 valence electrons.